The van der Waals surface area contributed by atoms with Gasteiger partial charge < -0.3 is 0 Å². The number of hydrogen-bond donors (Lipinski definition) is 0. The molecule has 58 valence electrons. The van der Waals surface area contributed by atoms with Crippen LogP contribution in [0.5, 0.6) is 0 Å². The first-order chi connectivity index (χ1) is 5.33. The molecule has 0 saturated carbocycles. The van der Waals surface area contributed by atoms with Gasteiger partial charge in [0, 0.05) is 5.03 Å². The van der Waals surface area contributed by atoms with E-state index in [9.17, 15) is 0 Å². The molecule has 1 aromatic rings. The van der Waals surface area contributed by atoms with E-state index < -0.39 is 0 Å². The van der Waals surface area contributed by atoms with Gasteiger partial charge in [0.25, 0.3) is 0 Å². The Morgan fingerprint density at radius 3 is 2.55 bits per heavy atom. The molecule has 0 fully saturated rings. The Hall–Kier alpha value is -0.750. The summed E-state index contributed by atoms with van der Waals surface area (Å²) >= 11 is 5.86. The molecule has 0 aliphatic carbocycles. The highest BCUT2D eigenvalue weighted by Crippen LogP contribution is 2.12. The Kier molecular flexibility index (Phi) is 3.18. The molecule has 0 unspecified atom stereocenters. The highest BCUT2D eigenvalue weighted by atomic mass is 35.5. The van der Waals surface area contributed by atoms with Crippen molar-refractivity contribution in [3.05, 3.63) is 40.9 Å². The van der Waals surface area contributed by atoms with Crippen LogP contribution in [-0.2, 0) is 0 Å². The number of benzene rings is 1. The fourth-order valence-corrected chi connectivity index (χ4v) is 0.958. The Morgan fingerprint density at radius 2 is 2.00 bits per heavy atom. The summed E-state index contributed by atoms with van der Waals surface area (Å²) in [5, 5.41) is 0.899. The molecule has 1 rings (SSSR count). The molecule has 0 aromatic heterocycles. The Balaban J connectivity index is 2.79. The standard InChI is InChI=1S/C10H11Cl/c1-2-10(11)8-9-6-4-3-5-7-9/h3-8H,2H2,1H3. The molecule has 0 atom stereocenters. The van der Waals surface area contributed by atoms with Gasteiger partial charge in [-0.3, -0.25) is 0 Å². The first kappa shape index (κ1) is 8.35. The lowest BCUT2D eigenvalue weighted by molar-refractivity contribution is 1.20. The van der Waals surface area contributed by atoms with E-state index in [4.69, 9.17) is 11.6 Å². The lowest BCUT2D eigenvalue weighted by Gasteiger charge is -1.93. The first-order valence-corrected chi connectivity index (χ1v) is 4.12. The van der Waals surface area contributed by atoms with Gasteiger partial charge in [-0.2, -0.15) is 0 Å². The van der Waals surface area contributed by atoms with Crippen molar-refractivity contribution in [2.24, 2.45) is 0 Å². The molecule has 0 bridgehead atoms. The minimum Gasteiger partial charge on any atom is -0.0891 e. The average Bonchev–Trinajstić information content (AvgIpc) is 2.06. The van der Waals surface area contributed by atoms with E-state index in [-0.39, 0.29) is 0 Å². The van der Waals surface area contributed by atoms with Crippen LogP contribution in [0, 0.1) is 0 Å². The molecule has 1 aromatic carbocycles. The number of halogens is 1. The summed E-state index contributed by atoms with van der Waals surface area (Å²) in [4.78, 5) is 0. The SMILES string of the molecule is CCC(Cl)=Cc1ccccc1. The zero-order valence-electron chi connectivity index (χ0n) is 6.55. The smallest absolute Gasteiger partial charge is 0.0184 e. The topological polar surface area (TPSA) is 0 Å². The van der Waals surface area contributed by atoms with Crippen molar-refractivity contribution in [3.63, 3.8) is 0 Å². The summed E-state index contributed by atoms with van der Waals surface area (Å²) in [5.41, 5.74) is 1.17. The fraction of sp³-hybridized carbons (Fsp3) is 0.200. The first-order valence-electron chi connectivity index (χ1n) is 3.74. The van der Waals surface area contributed by atoms with Gasteiger partial charge in [0.15, 0.2) is 0 Å². The van der Waals surface area contributed by atoms with E-state index in [1.54, 1.807) is 0 Å². The van der Waals surface area contributed by atoms with Crippen molar-refractivity contribution < 1.29 is 0 Å². The largest absolute Gasteiger partial charge is 0.0891 e. The maximum absolute atomic E-state index is 5.86. The molecule has 0 aliphatic rings. The van der Waals surface area contributed by atoms with Crippen LogP contribution in [0.3, 0.4) is 0 Å². The van der Waals surface area contributed by atoms with Crippen LogP contribution in [-0.4, -0.2) is 0 Å². The van der Waals surface area contributed by atoms with Crippen molar-refractivity contribution >= 4 is 17.7 Å². The van der Waals surface area contributed by atoms with Crippen LogP contribution in [0.4, 0.5) is 0 Å². The van der Waals surface area contributed by atoms with Gasteiger partial charge >= 0.3 is 0 Å². The van der Waals surface area contributed by atoms with Gasteiger partial charge in [-0.25, -0.2) is 0 Å². The summed E-state index contributed by atoms with van der Waals surface area (Å²) < 4.78 is 0. The Labute approximate surface area is 72.5 Å². The zero-order chi connectivity index (χ0) is 8.10. The van der Waals surface area contributed by atoms with Gasteiger partial charge in [-0.15, -0.1) is 0 Å². The predicted molar refractivity (Wildman–Crippen MR) is 50.6 cm³/mol. The van der Waals surface area contributed by atoms with Gasteiger partial charge in [-0.05, 0) is 18.1 Å². The molecule has 0 amide bonds. The molecule has 0 N–H and O–H groups in total. The number of hydrogen-bond acceptors (Lipinski definition) is 0. The van der Waals surface area contributed by atoms with Gasteiger partial charge in [0.1, 0.15) is 0 Å². The van der Waals surface area contributed by atoms with E-state index in [1.807, 2.05) is 43.3 Å². The van der Waals surface area contributed by atoms with Crippen LogP contribution < -0.4 is 0 Å². The molecule has 0 saturated heterocycles. The minimum atomic E-state index is 0.899. The summed E-state index contributed by atoms with van der Waals surface area (Å²) in [7, 11) is 0. The highest BCUT2D eigenvalue weighted by molar-refractivity contribution is 6.31. The third-order valence-electron chi connectivity index (χ3n) is 1.46. The number of rotatable bonds is 2. The van der Waals surface area contributed by atoms with E-state index in [1.165, 1.54) is 5.56 Å². The van der Waals surface area contributed by atoms with Crippen molar-refractivity contribution in [3.8, 4) is 0 Å². The van der Waals surface area contributed by atoms with E-state index in [0.717, 1.165) is 11.5 Å². The molecule has 0 aliphatic heterocycles. The zero-order valence-corrected chi connectivity index (χ0v) is 7.31. The summed E-state index contributed by atoms with van der Waals surface area (Å²) in [6, 6.07) is 10.1. The van der Waals surface area contributed by atoms with Crippen molar-refractivity contribution in [1.29, 1.82) is 0 Å². The molecule has 0 nitrogen and oxygen atoms in total. The fourth-order valence-electron chi connectivity index (χ4n) is 0.832. The van der Waals surface area contributed by atoms with Crippen molar-refractivity contribution in [1.82, 2.24) is 0 Å². The second-order valence-corrected chi connectivity index (χ2v) is 2.84. The van der Waals surface area contributed by atoms with Crippen LogP contribution >= 0.6 is 11.6 Å². The monoisotopic (exact) mass is 166 g/mol. The van der Waals surface area contributed by atoms with Crippen LogP contribution in [0.15, 0.2) is 35.4 Å². The highest BCUT2D eigenvalue weighted by Gasteiger charge is 1.87. The quantitative estimate of drug-likeness (QED) is 0.629. The van der Waals surface area contributed by atoms with Gasteiger partial charge in [0.05, 0.1) is 0 Å². The van der Waals surface area contributed by atoms with E-state index in [2.05, 4.69) is 0 Å². The normalized spacial score (nSPS) is 11.6. The van der Waals surface area contributed by atoms with Crippen molar-refractivity contribution in [2.45, 2.75) is 13.3 Å². The van der Waals surface area contributed by atoms with Gasteiger partial charge in [-0.1, -0.05) is 48.9 Å². The second kappa shape index (κ2) is 4.20. The third-order valence-corrected chi connectivity index (χ3v) is 1.84. The predicted octanol–water partition coefficient (Wildman–Crippen LogP) is 3.68. The van der Waals surface area contributed by atoms with E-state index in [0.29, 0.717) is 0 Å². The Morgan fingerprint density at radius 1 is 1.36 bits per heavy atom. The molecular weight excluding hydrogens is 156 g/mol. The van der Waals surface area contributed by atoms with Crippen LogP contribution in [0.1, 0.15) is 18.9 Å². The molecule has 0 heterocycles. The van der Waals surface area contributed by atoms with E-state index >= 15 is 0 Å². The maximum atomic E-state index is 5.86. The summed E-state index contributed by atoms with van der Waals surface area (Å²) in [5.74, 6) is 0. The maximum Gasteiger partial charge on any atom is 0.0184 e. The van der Waals surface area contributed by atoms with Gasteiger partial charge in [0.2, 0.25) is 0 Å². The second-order valence-electron chi connectivity index (χ2n) is 2.36. The Bertz CT molecular complexity index is 236. The van der Waals surface area contributed by atoms with Crippen LogP contribution in [0.2, 0.25) is 0 Å². The molecule has 0 radical (unpaired) electrons. The number of allylic oxidation sites excluding steroid dienone is 1. The molecule has 1 heteroatoms. The van der Waals surface area contributed by atoms with Crippen LogP contribution in [0.25, 0.3) is 6.08 Å². The summed E-state index contributed by atoms with van der Waals surface area (Å²) in [6.07, 6.45) is 2.89. The molecule has 0 spiro atoms. The minimum absolute atomic E-state index is 0.899. The lowest BCUT2D eigenvalue weighted by Crippen LogP contribution is -1.71. The molecule has 11 heavy (non-hydrogen) atoms. The lowest BCUT2D eigenvalue weighted by atomic mass is 10.2. The molecular formula is C10H11Cl. The van der Waals surface area contributed by atoms with Crippen molar-refractivity contribution in [2.75, 3.05) is 0 Å². The summed E-state index contributed by atoms with van der Waals surface area (Å²) in [6.45, 7) is 2.04. The third kappa shape index (κ3) is 2.77. The average molecular weight is 167 g/mol.